The lowest BCUT2D eigenvalue weighted by atomic mass is 10.2. The third-order valence-electron chi connectivity index (χ3n) is 2.89. The van der Waals surface area contributed by atoms with Crippen LogP contribution in [0.1, 0.15) is 30.5 Å². The Bertz CT molecular complexity index is 540. The van der Waals surface area contributed by atoms with E-state index in [1.165, 1.54) is 9.75 Å². The van der Waals surface area contributed by atoms with E-state index in [0.29, 0.717) is 19.0 Å². The predicted molar refractivity (Wildman–Crippen MR) is 112 cm³/mol. The van der Waals surface area contributed by atoms with Crippen molar-refractivity contribution in [2.75, 3.05) is 27.2 Å². The van der Waals surface area contributed by atoms with Gasteiger partial charge in [0.05, 0.1) is 6.54 Å². The van der Waals surface area contributed by atoms with E-state index in [1.807, 2.05) is 20.8 Å². The molecule has 0 fully saturated rings. The standard InChI is InChI=1S/C16H28N4O2S.HI/c1-12-7-8-13(23-12)11-19-14(17-5)18-9-10-20(6)15(21)22-16(2,3)4;/h7-8H,9-11H2,1-6H3,(H2,17,18,19);1H. The third-order valence-corrected chi connectivity index (χ3v) is 3.90. The maximum atomic E-state index is 11.8. The minimum atomic E-state index is -0.477. The minimum absolute atomic E-state index is 0. The summed E-state index contributed by atoms with van der Waals surface area (Å²) in [5.74, 6) is 0.716. The second kappa shape index (κ2) is 10.8. The molecule has 2 N–H and O–H groups in total. The van der Waals surface area contributed by atoms with Gasteiger partial charge in [0.15, 0.2) is 5.96 Å². The second-order valence-corrected chi connectivity index (χ2v) is 7.64. The number of ether oxygens (including phenoxy) is 1. The molecule has 6 nitrogen and oxygen atoms in total. The molecule has 0 aliphatic carbocycles. The molecule has 8 heteroatoms. The van der Waals surface area contributed by atoms with Gasteiger partial charge in [-0.05, 0) is 39.8 Å². The molecule has 0 unspecified atom stereocenters. The fourth-order valence-electron chi connectivity index (χ4n) is 1.74. The Labute approximate surface area is 166 Å². The predicted octanol–water partition coefficient (Wildman–Crippen LogP) is 3.21. The van der Waals surface area contributed by atoms with Gasteiger partial charge in [0, 0.05) is 36.9 Å². The van der Waals surface area contributed by atoms with E-state index in [4.69, 9.17) is 4.74 Å². The molecule has 0 aliphatic rings. The number of aryl methyl sites for hydroxylation is 1. The van der Waals surface area contributed by atoms with Crippen molar-refractivity contribution in [3.05, 3.63) is 21.9 Å². The van der Waals surface area contributed by atoms with Crippen molar-refractivity contribution in [3.8, 4) is 0 Å². The van der Waals surface area contributed by atoms with Crippen LogP contribution < -0.4 is 10.6 Å². The summed E-state index contributed by atoms with van der Waals surface area (Å²) in [6.07, 6.45) is -0.323. The number of guanidine groups is 1. The van der Waals surface area contributed by atoms with Crippen LogP contribution in [-0.4, -0.2) is 49.7 Å². The molecule has 1 heterocycles. The van der Waals surface area contributed by atoms with Gasteiger partial charge in [-0.3, -0.25) is 4.99 Å². The van der Waals surface area contributed by atoms with Crippen LogP contribution in [0.5, 0.6) is 0 Å². The number of thiophene rings is 1. The van der Waals surface area contributed by atoms with Crippen LogP contribution in [0.3, 0.4) is 0 Å². The SMILES string of the molecule is CN=C(NCCN(C)C(=O)OC(C)(C)C)NCc1ccc(C)s1.I. The highest BCUT2D eigenvalue weighted by molar-refractivity contribution is 14.0. The first-order valence-corrected chi connectivity index (χ1v) is 8.47. The average Bonchev–Trinajstić information content (AvgIpc) is 2.86. The maximum absolute atomic E-state index is 11.8. The molecule has 0 aromatic carbocycles. The van der Waals surface area contributed by atoms with Crippen molar-refractivity contribution in [3.63, 3.8) is 0 Å². The minimum Gasteiger partial charge on any atom is -0.444 e. The van der Waals surface area contributed by atoms with Crippen LogP contribution in [0.2, 0.25) is 0 Å². The van der Waals surface area contributed by atoms with Gasteiger partial charge >= 0.3 is 6.09 Å². The highest BCUT2D eigenvalue weighted by Crippen LogP contribution is 2.14. The summed E-state index contributed by atoms with van der Waals surface area (Å²) in [6.45, 7) is 9.53. The van der Waals surface area contributed by atoms with Gasteiger partial charge < -0.3 is 20.3 Å². The number of halogens is 1. The number of hydrogen-bond acceptors (Lipinski definition) is 4. The largest absolute Gasteiger partial charge is 0.444 e. The summed E-state index contributed by atoms with van der Waals surface area (Å²) in [4.78, 5) is 20.1. The van der Waals surface area contributed by atoms with E-state index in [2.05, 4.69) is 34.7 Å². The van der Waals surface area contributed by atoms with Crippen LogP contribution >= 0.6 is 35.3 Å². The molecular formula is C16H29IN4O2S. The molecule has 1 aromatic heterocycles. The number of nitrogens with one attached hydrogen (secondary N) is 2. The molecule has 0 aliphatic heterocycles. The van der Waals surface area contributed by atoms with Gasteiger partial charge in [-0.15, -0.1) is 35.3 Å². The molecule has 0 saturated carbocycles. The molecule has 1 rings (SSSR count). The van der Waals surface area contributed by atoms with Gasteiger partial charge in [-0.25, -0.2) is 4.79 Å². The highest BCUT2D eigenvalue weighted by Gasteiger charge is 2.19. The Balaban J connectivity index is 0.00000529. The lowest BCUT2D eigenvalue weighted by Gasteiger charge is -2.24. The Morgan fingerprint density at radius 2 is 2.00 bits per heavy atom. The van der Waals surface area contributed by atoms with Crippen molar-refractivity contribution in [2.24, 2.45) is 4.99 Å². The van der Waals surface area contributed by atoms with Crippen LogP contribution in [0.4, 0.5) is 4.79 Å². The van der Waals surface area contributed by atoms with E-state index in [9.17, 15) is 4.79 Å². The van der Waals surface area contributed by atoms with E-state index in [-0.39, 0.29) is 30.1 Å². The van der Waals surface area contributed by atoms with E-state index in [1.54, 1.807) is 30.3 Å². The highest BCUT2D eigenvalue weighted by atomic mass is 127. The summed E-state index contributed by atoms with van der Waals surface area (Å²) in [5, 5.41) is 6.44. The zero-order chi connectivity index (χ0) is 17.5. The van der Waals surface area contributed by atoms with Gasteiger partial charge in [0.25, 0.3) is 0 Å². The molecule has 0 atom stereocenters. The van der Waals surface area contributed by atoms with E-state index >= 15 is 0 Å². The van der Waals surface area contributed by atoms with Crippen LogP contribution in [0.25, 0.3) is 0 Å². The number of rotatable bonds is 5. The smallest absolute Gasteiger partial charge is 0.410 e. The first-order valence-electron chi connectivity index (χ1n) is 7.65. The summed E-state index contributed by atoms with van der Waals surface area (Å²) in [7, 11) is 3.45. The molecular weight excluding hydrogens is 439 g/mol. The summed E-state index contributed by atoms with van der Waals surface area (Å²) >= 11 is 1.76. The number of carbonyl (C=O) groups excluding carboxylic acids is 1. The molecule has 138 valence electrons. The normalized spacial score (nSPS) is 11.5. The number of nitrogens with zero attached hydrogens (tertiary/aromatic N) is 2. The Hall–Kier alpha value is -1.03. The quantitative estimate of drug-likeness (QED) is 0.396. The van der Waals surface area contributed by atoms with Gasteiger partial charge in [-0.2, -0.15) is 0 Å². The van der Waals surface area contributed by atoms with Gasteiger partial charge in [0.1, 0.15) is 5.60 Å². The van der Waals surface area contributed by atoms with E-state index < -0.39 is 5.60 Å². The Morgan fingerprint density at radius 3 is 2.50 bits per heavy atom. The lowest BCUT2D eigenvalue weighted by Crippen LogP contribution is -2.42. The van der Waals surface area contributed by atoms with Crippen molar-refractivity contribution < 1.29 is 9.53 Å². The van der Waals surface area contributed by atoms with E-state index in [0.717, 1.165) is 6.54 Å². The molecule has 1 amide bonds. The summed E-state index contributed by atoms with van der Waals surface area (Å²) < 4.78 is 5.31. The van der Waals surface area contributed by atoms with Crippen molar-refractivity contribution in [1.29, 1.82) is 0 Å². The monoisotopic (exact) mass is 468 g/mol. The molecule has 24 heavy (non-hydrogen) atoms. The fourth-order valence-corrected chi connectivity index (χ4v) is 2.57. The molecule has 0 radical (unpaired) electrons. The maximum Gasteiger partial charge on any atom is 0.410 e. The second-order valence-electron chi connectivity index (χ2n) is 6.27. The van der Waals surface area contributed by atoms with Crippen LogP contribution in [-0.2, 0) is 11.3 Å². The topological polar surface area (TPSA) is 66.0 Å². The summed E-state index contributed by atoms with van der Waals surface area (Å²) in [5.41, 5.74) is -0.477. The number of carbonyl (C=O) groups is 1. The molecule has 0 spiro atoms. The lowest BCUT2D eigenvalue weighted by molar-refractivity contribution is 0.0302. The fraction of sp³-hybridized carbons (Fsp3) is 0.625. The zero-order valence-corrected chi connectivity index (χ0v) is 18.5. The molecule has 0 bridgehead atoms. The van der Waals surface area contributed by atoms with Crippen molar-refractivity contribution in [2.45, 2.75) is 39.8 Å². The number of hydrogen-bond donors (Lipinski definition) is 2. The Kier molecular flexibility index (Phi) is 10.3. The zero-order valence-electron chi connectivity index (χ0n) is 15.3. The first-order chi connectivity index (χ1) is 10.7. The molecule has 0 saturated heterocycles. The van der Waals surface area contributed by atoms with Crippen molar-refractivity contribution in [1.82, 2.24) is 15.5 Å². The van der Waals surface area contributed by atoms with Crippen LogP contribution in [0, 0.1) is 6.92 Å². The van der Waals surface area contributed by atoms with Gasteiger partial charge in [-0.1, -0.05) is 0 Å². The average molecular weight is 468 g/mol. The Morgan fingerprint density at radius 1 is 1.33 bits per heavy atom. The first kappa shape index (κ1) is 23.0. The number of aliphatic imine (C=N–C) groups is 1. The van der Waals surface area contributed by atoms with Gasteiger partial charge in [0.2, 0.25) is 0 Å². The van der Waals surface area contributed by atoms with Crippen molar-refractivity contribution >= 4 is 47.4 Å². The number of likely N-dealkylation sites (N-methyl/N-ethyl adjacent to an activating group) is 1. The summed E-state index contributed by atoms with van der Waals surface area (Å²) in [6, 6.07) is 4.21. The third kappa shape index (κ3) is 9.31. The van der Waals surface area contributed by atoms with Crippen LogP contribution in [0.15, 0.2) is 17.1 Å². The molecule has 1 aromatic rings. The number of amides is 1.